The summed E-state index contributed by atoms with van der Waals surface area (Å²) >= 11 is 9.42. The largest absolute Gasteiger partial charge is 0.399 e. The Balaban J connectivity index is 1.97. The molecule has 0 aliphatic carbocycles. The Hall–Kier alpha value is -1.92. The molecule has 0 saturated carbocycles. The van der Waals surface area contributed by atoms with E-state index in [9.17, 15) is 0 Å². The first-order chi connectivity index (χ1) is 10.1. The van der Waals surface area contributed by atoms with E-state index in [1.54, 1.807) is 4.68 Å². The van der Waals surface area contributed by atoms with E-state index in [-0.39, 0.29) is 0 Å². The van der Waals surface area contributed by atoms with Crippen LogP contribution in [-0.4, -0.2) is 20.2 Å². The summed E-state index contributed by atoms with van der Waals surface area (Å²) in [5.41, 5.74) is 8.39. The number of halogens is 2. The van der Waals surface area contributed by atoms with Gasteiger partial charge < -0.3 is 5.73 Å². The monoisotopic (exact) mass is 363 g/mol. The summed E-state index contributed by atoms with van der Waals surface area (Å²) in [5, 5.41) is 12.6. The number of tetrazole rings is 1. The average Bonchev–Trinajstić information content (AvgIpc) is 2.85. The van der Waals surface area contributed by atoms with Crippen LogP contribution < -0.4 is 5.73 Å². The molecular formula is C14H11BrClN5. The van der Waals surface area contributed by atoms with E-state index in [0.717, 1.165) is 15.6 Å². The summed E-state index contributed by atoms with van der Waals surface area (Å²) in [6.07, 6.45) is 0. The molecule has 1 heterocycles. The minimum Gasteiger partial charge on any atom is -0.399 e. The number of hydrogen-bond donors (Lipinski definition) is 1. The van der Waals surface area contributed by atoms with Gasteiger partial charge in [-0.15, -0.1) is 5.10 Å². The fraction of sp³-hybridized carbons (Fsp3) is 0.0714. The zero-order valence-electron chi connectivity index (χ0n) is 10.9. The molecule has 0 saturated heterocycles. The number of nitrogen functional groups attached to an aromatic ring is 1. The third-order valence-corrected chi connectivity index (χ3v) is 3.62. The quantitative estimate of drug-likeness (QED) is 0.723. The molecule has 5 nitrogen and oxygen atoms in total. The van der Waals surface area contributed by atoms with Crippen molar-refractivity contribution in [2.45, 2.75) is 6.54 Å². The molecule has 106 valence electrons. The van der Waals surface area contributed by atoms with Crippen LogP contribution in [0.4, 0.5) is 5.69 Å². The predicted molar refractivity (Wildman–Crippen MR) is 85.9 cm³/mol. The summed E-state index contributed by atoms with van der Waals surface area (Å²) in [6.45, 7) is 0.537. The Morgan fingerprint density at radius 2 is 2.05 bits per heavy atom. The number of rotatable bonds is 3. The SMILES string of the molecule is Nc1cc(Br)cc(-c2nnnn2Cc2cccc(Cl)c2)c1. The lowest BCUT2D eigenvalue weighted by atomic mass is 10.2. The lowest BCUT2D eigenvalue weighted by molar-refractivity contribution is 0.653. The second-order valence-corrected chi connectivity index (χ2v) is 5.92. The van der Waals surface area contributed by atoms with Gasteiger partial charge in [0.2, 0.25) is 0 Å². The Bertz CT molecular complexity index is 766. The summed E-state index contributed by atoms with van der Waals surface area (Å²) in [5.74, 6) is 0.656. The van der Waals surface area contributed by atoms with Crippen molar-refractivity contribution in [1.82, 2.24) is 20.2 Å². The Labute approximate surface area is 134 Å². The lowest BCUT2D eigenvalue weighted by Crippen LogP contribution is -2.04. The number of anilines is 1. The molecule has 0 unspecified atom stereocenters. The lowest BCUT2D eigenvalue weighted by Gasteiger charge is -2.06. The van der Waals surface area contributed by atoms with Crippen molar-refractivity contribution in [1.29, 1.82) is 0 Å². The second kappa shape index (κ2) is 5.83. The van der Waals surface area contributed by atoms with Crippen LogP contribution in [0.2, 0.25) is 5.02 Å². The van der Waals surface area contributed by atoms with Gasteiger partial charge >= 0.3 is 0 Å². The highest BCUT2D eigenvalue weighted by molar-refractivity contribution is 9.10. The smallest absolute Gasteiger partial charge is 0.182 e. The third-order valence-electron chi connectivity index (χ3n) is 2.93. The van der Waals surface area contributed by atoms with Gasteiger partial charge in [0.15, 0.2) is 5.82 Å². The maximum Gasteiger partial charge on any atom is 0.182 e. The topological polar surface area (TPSA) is 69.6 Å². The molecule has 21 heavy (non-hydrogen) atoms. The van der Waals surface area contributed by atoms with E-state index >= 15 is 0 Å². The van der Waals surface area contributed by atoms with Gasteiger partial charge in [0.25, 0.3) is 0 Å². The van der Waals surface area contributed by atoms with Crippen LogP contribution in [0.1, 0.15) is 5.56 Å². The van der Waals surface area contributed by atoms with Crippen LogP contribution in [0, 0.1) is 0 Å². The van der Waals surface area contributed by atoms with E-state index in [2.05, 4.69) is 31.5 Å². The van der Waals surface area contributed by atoms with Crippen molar-refractivity contribution in [3.05, 3.63) is 57.5 Å². The van der Waals surface area contributed by atoms with E-state index in [0.29, 0.717) is 23.1 Å². The van der Waals surface area contributed by atoms with E-state index < -0.39 is 0 Å². The molecule has 0 fully saturated rings. The molecule has 3 aromatic rings. The van der Waals surface area contributed by atoms with Crippen LogP contribution in [0.3, 0.4) is 0 Å². The van der Waals surface area contributed by atoms with Crippen LogP contribution >= 0.6 is 27.5 Å². The Morgan fingerprint density at radius 3 is 2.81 bits per heavy atom. The van der Waals surface area contributed by atoms with Crippen molar-refractivity contribution >= 4 is 33.2 Å². The van der Waals surface area contributed by atoms with Crippen molar-refractivity contribution in [2.24, 2.45) is 0 Å². The maximum atomic E-state index is 6.00. The zero-order valence-corrected chi connectivity index (χ0v) is 13.2. The standard InChI is InChI=1S/C14H11BrClN5/c15-11-5-10(6-13(17)7-11)14-18-19-20-21(14)8-9-2-1-3-12(16)4-9/h1-7H,8,17H2. The van der Waals surface area contributed by atoms with Crippen molar-refractivity contribution in [2.75, 3.05) is 5.73 Å². The number of hydrogen-bond acceptors (Lipinski definition) is 4. The number of nitrogens with two attached hydrogens (primary N) is 1. The average molecular weight is 365 g/mol. The molecule has 0 atom stereocenters. The molecule has 3 rings (SSSR count). The Kier molecular flexibility index (Phi) is 3.90. The molecule has 0 aliphatic rings. The minimum atomic E-state index is 0.537. The first kappa shape index (κ1) is 14.0. The molecule has 0 bridgehead atoms. The third kappa shape index (κ3) is 3.22. The fourth-order valence-electron chi connectivity index (χ4n) is 2.07. The van der Waals surface area contributed by atoms with Gasteiger partial charge in [0.05, 0.1) is 6.54 Å². The van der Waals surface area contributed by atoms with Crippen LogP contribution in [-0.2, 0) is 6.54 Å². The van der Waals surface area contributed by atoms with E-state index in [4.69, 9.17) is 17.3 Å². The molecule has 0 amide bonds. The summed E-state index contributed by atoms with van der Waals surface area (Å²) < 4.78 is 2.60. The molecule has 1 aromatic heterocycles. The molecule has 2 N–H and O–H groups in total. The van der Waals surface area contributed by atoms with Crippen molar-refractivity contribution in [3.63, 3.8) is 0 Å². The first-order valence-corrected chi connectivity index (χ1v) is 7.36. The highest BCUT2D eigenvalue weighted by Gasteiger charge is 2.11. The molecule has 0 radical (unpaired) electrons. The number of aromatic nitrogens is 4. The second-order valence-electron chi connectivity index (χ2n) is 4.56. The summed E-state index contributed by atoms with van der Waals surface area (Å²) in [7, 11) is 0. The summed E-state index contributed by atoms with van der Waals surface area (Å²) in [4.78, 5) is 0. The molecule has 7 heteroatoms. The Morgan fingerprint density at radius 1 is 1.19 bits per heavy atom. The normalized spacial score (nSPS) is 10.8. The van der Waals surface area contributed by atoms with Crippen molar-refractivity contribution < 1.29 is 0 Å². The predicted octanol–water partition coefficient (Wildman–Crippen LogP) is 3.39. The zero-order chi connectivity index (χ0) is 14.8. The van der Waals surface area contributed by atoms with Gasteiger partial charge in [-0.1, -0.05) is 39.7 Å². The fourth-order valence-corrected chi connectivity index (χ4v) is 2.79. The first-order valence-electron chi connectivity index (χ1n) is 6.19. The van der Waals surface area contributed by atoms with E-state index in [1.807, 2.05) is 42.5 Å². The van der Waals surface area contributed by atoms with Gasteiger partial charge in [0.1, 0.15) is 0 Å². The number of nitrogens with zero attached hydrogens (tertiary/aromatic N) is 4. The van der Waals surface area contributed by atoms with Gasteiger partial charge in [-0.25, -0.2) is 4.68 Å². The number of benzene rings is 2. The minimum absolute atomic E-state index is 0.537. The molecule has 0 spiro atoms. The van der Waals surface area contributed by atoms with Gasteiger partial charge in [-0.3, -0.25) is 0 Å². The highest BCUT2D eigenvalue weighted by atomic mass is 79.9. The molecular weight excluding hydrogens is 354 g/mol. The van der Waals surface area contributed by atoms with Crippen LogP contribution in [0.15, 0.2) is 46.9 Å². The summed E-state index contributed by atoms with van der Waals surface area (Å²) in [6, 6.07) is 13.2. The van der Waals surface area contributed by atoms with E-state index in [1.165, 1.54) is 0 Å². The maximum absolute atomic E-state index is 6.00. The van der Waals surface area contributed by atoms with Crippen molar-refractivity contribution in [3.8, 4) is 11.4 Å². The molecule has 2 aromatic carbocycles. The van der Waals surface area contributed by atoms with Crippen LogP contribution in [0.25, 0.3) is 11.4 Å². The molecule has 0 aliphatic heterocycles. The van der Waals surface area contributed by atoms with Gasteiger partial charge in [-0.05, 0) is 46.3 Å². The van der Waals surface area contributed by atoms with Gasteiger partial charge in [-0.2, -0.15) is 0 Å². The van der Waals surface area contributed by atoms with Crippen LogP contribution in [0.5, 0.6) is 0 Å². The van der Waals surface area contributed by atoms with Gasteiger partial charge in [0, 0.05) is 20.7 Å². The highest BCUT2D eigenvalue weighted by Crippen LogP contribution is 2.25.